The molecule has 5 nitrogen and oxygen atoms in total. The summed E-state index contributed by atoms with van der Waals surface area (Å²) in [6, 6.07) is 14.0. The second-order valence-corrected chi connectivity index (χ2v) is 7.03. The molecule has 4 rings (SSSR count). The highest BCUT2D eigenvalue weighted by Gasteiger charge is 2.33. The number of rotatable bonds is 3. The van der Waals surface area contributed by atoms with Crippen LogP contribution >= 0.6 is 11.3 Å². The molecule has 2 aromatic carbocycles. The summed E-state index contributed by atoms with van der Waals surface area (Å²) in [7, 11) is 0. The quantitative estimate of drug-likeness (QED) is 0.723. The van der Waals surface area contributed by atoms with E-state index in [0.717, 1.165) is 27.0 Å². The van der Waals surface area contributed by atoms with Crippen LogP contribution in [0.3, 0.4) is 0 Å². The lowest BCUT2D eigenvalue weighted by atomic mass is 10.0. The van der Waals surface area contributed by atoms with Crippen molar-refractivity contribution in [3.63, 3.8) is 0 Å². The Morgan fingerprint density at radius 1 is 1.20 bits per heavy atom. The smallest absolute Gasteiger partial charge is 0.272 e. The Balaban J connectivity index is 1.80. The molecule has 1 aromatic heterocycles. The zero-order chi connectivity index (χ0) is 17.4. The normalized spacial score (nSPS) is 17.5. The number of amides is 1. The largest absolute Gasteiger partial charge is 0.381 e. The van der Waals surface area contributed by atoms with Gasteiger partial charge in [0, 0.05) is 10.9 Å². The minimum Gasteiger partial charge on any atom is -0.381 e. The van der Waals surface area contributed by atoms with Crippen LogP contribution in [0.2, 0.25) is 0 Å². The fourth-order valence-electron chi connectivity index (χ4n) is 2.96. The van der Waals surface area contributed by atoms with E-state index in [1.54, 1.807) is 23.2 Å². The van der Waals surface area contributed by atoms with Gasteiger partial charge in [0.1, 0.15) is 0 Å². The number of carbonyl (C=O) groups is 1. The lowest BCUT2D eigenvalue weighted by Crippen LogP contribution is -2.46. The van der Waals surface area contributed by atoms with Gasteiger partial charge in [0.05, 0.1) is 17.2 Å². The van der Waals surface area contributed by atoms with Crippen molar-refractivity contribution in [1.29, 1.82) is 0 Å². The van der Waals surface area contributed by atoms with Crippen molar-refractivity contribution in [2.45, 2.75) is 26.5 Å². The van der Waals surface area contributed by atoms with Crippen LogP contribution in [-0.4, -0.2) is 27.7 Å². The van der Waals surface area contributed by atoms with Crippen LogP contribution in [0.25, 0.3) is 10.8 Å². The monoisotopic (exact) mass is 351 g/mol. The van der Waals surface area contributed by atoms with Crippen molar-refractivity contribution in [1.82, 2.24) is 9.88 Å². The number of carbonyl (C=O) groups excluding carboxylic acids is 1. The molecule has 0 fully saturated rings. The topological polar surface area (TPSA) is 54.8 Å². The third-order valence-electron chi connectivity index (χ3n) is 4.18. The van der Waals surface area contributed by atoms with Gasteiger partial charge in [-0.25, -0.2) is 4.98 Å². The SMILES string of the molecule is Cc1nc(CN2C(=O)C(C)ON=C2c2cccc3ccccc23)cs1. The van der Waals surface area contributed by atoms with E-state index in [9.17, 15) is 4.79 Å². The van der Waals surface area contributed by atoms with Gasteiger partial charge in [-0.3, -0.25) is 9.69 Å². The maximum atomic E-state index is 12.8. The summed E-state index contributed by atoms with van der Waals surface area (Å²) in [5, 5.41) is 9.35. The van der Waals surface area contributed by atoms with E-state index in [1.165, 1.54) is 0 Å². The van der Waals surface area contributed by atoms with Crippen LogP contribution in [0.15, 0.2) is 53.0 Å². The summed E-state index contributed by atoms with van der Waals surface area (Å²) in [5.41, 5.74) is 1.74. The van der Waals surface area contributed by atoms with E-state index in [4.69, 9.17) is 4.84 Å². The first-order chi connectivity index (χ1) is 12.1. The maximum absolute atomic E-state index is 12.8. The minimum atomic E-state index is -0.599. The van der Waals surface area contributed by atoms with Gasteiger partial charge in [0.2, 0.25) is 6.10 Å². The summed E-state index contributed by atoms with van der Waals surface area (Å²) >= 11 is 1.57. The molecule has 0 N–H and O–H groups in total. The van der Waals surface area contributed by atoms with Crippen molar-refractivity contribution < 1.29 is 9.63 Å². The summed E-state index contributed by atoms with van der Waals surface area (Å²) < 4.78 is 0. The Bertz CT molecular complexity index is 974. The van der Waals surface area contributed by atoms with Gasteiger partial charge in [0.15, 0.2) is 5.84 Å². The molecular formula is C19H17N3O2S. The van der Waals surface area contributed by atoms with E-state index in [-0.39, 0.29) is 5.91 Å². The molecule has 0 radical (unpaired) electrons. The lowest BCUT2D eigenvalue weighted by Gasteiger charge is -2.30. The highest BCUT2D eigenvalue weighted by molar-refractivity contribution is 7.09. The zero-order valence-corrected chi connectivity index (χ0v) is 14.8. The first-order valence-corrected chi connectivity index (χ1v) is 8.96. The van der Waals surface area contributed by atoms with Gasteiger partial charge >= 0.3 is 0 Å². The van der Waals surface area contributed by atoms with Crippen molar-refractivity contribution in [2.75, 3.05) is 0 Å². The molecule has 0 aliphatic carbocycles. The van der Waals surface area contributed by atoms with Gasteiger partial charge in [0.25, 0.3) is 5.91 Å². The van der Waals surface area contributed by atoms with Crippen LogP contribution in [0.5, 0.6) is 0 Å². The second kappa shape index (κ2) is 6.29. The number of oxime groups is 1. The molecule has 0 saturated heterocycles. The molecule has 0 spiro atoms. The first kappa shape index (κ1) is 15.8. The predicted octanol–water partition coefficient (Wildman–Crippen LogP) is 3.71. The number of thiazole rings is 1. The van der Waals surface area contributed by atoms with Gasteiger partial charge in [-0.15, -0.1) is 11.3 Å². The van der Waals surface area contributed by atoms with Crippen molar-refractivity contribution in [2.24, 2.45) is 5.16 Å². The minimum absolute atomic E-state index is 0.108. The number of aryl methyl sites for hydroxylation is 1. The van der Waals surface area contributed by atoms with Gasteiger partial charge in [-0.05, 0) is 24.6 Å². The van der Waals surface area contributed by atoms with Crippen molar-refractivity contribution >= 4 is 33.9 Å². The lowest BCUT2D eigenvalue weighted by molar-refractivity contribution is -0.142. The fourth-order valence-corrected chi connectivity index (χ4v) is 3.56. The number of hydrogen-bond donors (Lipinski definition) is 0. The number of fused-ring (bicyclic) bond motifs is 1. The van der Waals surface area contributed by atoms with E-state index >= 15 is 0 Å². The van der Waals surface area contributed by atoms with Crippen LogP contribution in [0.4, 0.5) is 0 Å². The van der Waals surface area contributed by atoms with Crippen LogP contribution < -0.4 is 0 Å². The number of amidine groups is 1. The van der Waals surface area contributed by atoms with Crippen LogP contribution in [0, 0.1) is 6.92 Å². The third kappa shape index (κ3) is 2.89. The first-order valence-electron chi connectivity index (χ1n) is 8.08. The highest BCUT2D eigenvalue weighted by atomic mass is 32.1. The van der Waals surface area contributed by atoms with Gasteiger partial charge in [-0.2, -0.15) is 0 Å². The predicted molar refractivity (Wildman–Crippen MR) is 98.4 cm³/mol. The average molecular weight is 351 g/mol. The summed E-state index contributed by atoms with van der Waals surface area (Å²) in [4.78, 5) is 24.3. The molecule has 1 aliphatic heterocycles. The van der Waals surface area contributed by atoms with E-state index in [1.807, 2.05) is 54.8 Å². The molecule has 1 amide bonds. The molecule has 1 atom stereocenters. The number of aromatic nitrogens is 1. The van der Waals surface area contributed by atoms with Gasteiger partial charge < -0.3 is 4.84 Å². The van der Waals surface area contributed by atoms with Crippen molar-refractivity contribution in [3.8, 4) is 0 Å². The second-order valence-electron chi connectivity index (χ2n) is 5.97. The van der Waals surface area contributed by atoms with Crippen LogP contribution in [-0.2, 0) is 16.2 Å². The van der Waals surface area contributed by atoms with Gasteiger partial charge in [-0.1, -0.05) is 47.6 Å². The van der Waals surface area contributed by atoms with Crippen LogP contribution in [0.1, 0.15) is 23.2 Å². The molecule has 6 heteroatoms. The fraction of sp³-hybridized carbons (Fsp3) is 0.211. The number of nitrogens with zero attached hydrogens (tertiary/aromatic N) is 3. The van der Waals surface area contributed by atoms with E-state index in [2.05, 4.69) is 10.1 Å². The molecular weight excluding hydrogens is 334 g/mol. The molecule has 3 aromatic rings. The standard InChI is InChI=1S/C19H17N3O2S/c1-12-19(23)22(10-15-11-25-13(2)20-15)18(21-24-12)17-9-5-7-14-6-3-4-8-16(14)17/h3-9,11-12H,10H2,1-2H3. The summed E-state index contributed by atoms with van der Waals surface area (Å²) in [6.07, 6.45) is -0.599. The molecule has 2 heterocycles. The Morgan fingerprint density at radius 3 is 2.80 bits per heavy atom. The molecule has 1 unspecified atom stereocenters. The third-order valence-corrected chi connectivity index (χ3v) is 5.01. The summed E-state index contributed by atoms with van der Waals surface area (Å²) in [5.74, 6) is 0.425. The molecule has 0 saturated carbocycles. The van der Waals surface area contributed by atoms with E-state index < -0.39 is 6.10 Å². The Labute approximate surface area is 149 Å². The Hall–Kier alpha value is -2.73. The molecule has 25 heavy (non-hydrogen) atoms. The molecule has 1 aliphatic rings. The maximum Gasteiger partial charge on any atom is 0.272 e. The van der Waals surface area contributed by atoms with Crippen molar-refractivity contribution in [3.05, 3.63) is 64.1 Å². The Morgan fingerprint density at radius 2 is 2.00 bits per heavy atom. The van der Waals surface area contributed by atoms with E-state index in [0.29, 0.717) is 12.4 Å². The number of hydrogen-bond acceptors (Lipinski definition) is 5. The number of benzene rings is 2. The molecule has 126 valence electrons. The Kier molecular flexibility index (Phi) is 3.97. The zero-order valence-electron chi connectivity index (χ0n) is 14.0. The molecule has 0 bridgehead atoms. The average Bonchev–Trinajstić information content (AvgIpc) is 3.04. The summed E-state index contributed by atoms with van der Waals surface area (Å²) in [6.45, 7) is 4.06. The highest BCUT2D eigenvalue weighted by Crippen LogP contribution is 2.24.